The topological polar surface area (TPSA) is 77.8 Å². The molecule has 1 aromatic heterocycles. The number of rotatable bonds is 5. The SMILES string of the molecule is Cc1c(CC(=O)OC(C)(C)C)c2cc(O)c(F)cc2n1C(=O)c1ccc(OC(F)F)cc1. The number of ether oxygens (including phenoxy) is 2. The van der Waals surface area contributed by atoms with Crippen molar-refractivity contribution in [1.82, 2.24) is 4.57 Å². The molecule has 2 aromatic carbocycles. The van der Waals surface area contributed by atoms with Crippen LogP contribution in [-0.2, 0) is 16.0 Å². The monoisotopic (exact) mass is 449 g/mol. The molecule has 0 bridgehead atoms. The van der Waals surface area contributed by atoms with Crippen LogP contribution in [0.4, 0.5) is 13.2 Å². The van der Waals surface area contributed by atoms with Crippen LogP contribution in [0.15, 0.2) is 36.4 Å². The van der Waals surface area contributed by atoms with E-state index in [4.69, 9.17) is 4.74 Å². The molecule has 0 spiro atoms. The molecule has 0 radical (unpaired) electrons. The number of fused-ring (bicyclic) bond motifs is 1. The average Bonchev–Trinajstić information content (AvgIpc) is 2.91. The Hall–Kier alpha value is -3.49. The molecule has 0 fully saturated rings. The van der Waals surface area contributed by atoms with Crippen molar-refractivity contribution >= 4 is 22.8 Å². The van der Waals surface area contributed by atoms with Crippen molar-refractivity contribution in [1.29, 1.82) is 0 Å². The molecular weight excluding hydrogens is 427 g/mol. The summed E-state index contributed by atoms with van der Waals surface area (Å²) in [5, 5.41) is 10.2. The molecule has 170 valence electrons. The van der Waals surface area contributed by atoms with Crippen molar-refractivity contribution in [2.45, 2.75) is 46.3 Å². The predicted molar refractivity (Wildman–Crippen MR) is 111 cm³/mol. The number of aromatic hydroxyl groups is 1. The highest BCUT2D eigenvalue weighted by molar-refractivity contribution is 6.05. The summed E-state index contributed by atoms with van der Waals surface area (Å²) in [6, 6.07) is 7.19. The van der Waals surface area contributed by atoms with E-state index in [1.165, 1.54) is 28.8 Å². The number of carbonyl (C=O) groups is 2. The number of aromatic nitrogens is 1. The van der Waals surface area contributed by atoms with Gasteiger partial charge in [-0.1, -0.05) is 0 Å². The van der Waals surface area contributed by atoms with Gasteiger partial charge in [0.15, 0.2) is 11.6 Å². The highest BCUT2D eigenvalue weighted by Gasteiger charge is 2.25. The summed E-state index contributed by atoms with van der Waals surface area (Å²) in [5.41, 5.74) is 0.303. The fourth-order valence-corrected chi connectivity index (χ4v) is 3.40. The summed E-state index contributed by atoms with van der Waals surface area (Å²) in [6.45, 7) is 3.73. The maximum absolute atomic E-state index is 14.1. The number of phenols is 1. The first kappa shape index (κ1) is 23.2. The van der Waals surface area contributed by atoms with Gasteiger partial charge in [0.1, 0.15) is 11.4 Å². The van der Waals surface area contributed by atoms with Crippen LogP contribution < -0.4 is 4.74 Å². The molecule has 3 aromatic rings. The summed E-state index contributed by atoms with van der Waals surface area (Å²) in [4.78, 5) is 25.6. The smallest absolute Gasteiger partial charge is 0.387 e. The zero-order valence-corrected chi connectivity index (χ0v) is 17.9. The van der Waals surface area contributed by atoms with E-state index in [2.05, 4.69) is 4.74 Å². The summed E-state index contributed by atoms with van der Waals surface area (Å²) in [6.07, 6.45) is -0.202. The van der Waals surface area contributed by atoms with Crippen LogP contribution in [0, 0.1) is 12.7 Å². The van der Waals surface area contributed by atoms with Gasteiger partial charge in [0.25, 0.3) is 5.91 Å². The van der Waals surface area contributed by atoms with Gasteiger partial charge in [0.2, 0.25) is 0 Å². The maximum atomic E-state index is 14.1. The van der Waals surface area contributed by atoms with Crippen molar-refractivity contribution in [3.8, 4) is 11.5 Å². The molecular formula is C23H22F3NO5. The van der Waals surface area contributed by atoms with Crippen LogP contribution in [-0.4, -0.2) is 33.8 Å². The lowest BCUT2D eigenvalue weighted by atomic mass is 10.1. The fraction of sp³-hybridized carbons (Fsp3) is 0.304. The number of alkyl halides is 2. The third kappa shape index (κ3) is 4.87. The Morgan fingerprint density at radius 3 is 2.31 bits per heavy atom. The van der Waals surface area contributed by atoms with Gasteiger partial charge in [-0.2, -0.15) is 8.78 Å². The first-order valence-electron chi connectivity index (χ1n) is 9.71. The van der Waals surface area contributed by atoms with E-state index >= 15 is 0 Å². The van der Waals surface area contributed by atoms with Crippen molar-refractivity contribution in [3.63, 3.8) is 0 Å². The van der Waals surface area contributed by atoms with E-state index in [-0.39, 0.29) is 23.3 Å². The summed E-state index contributed by atoms with van der Waals surface area (Å²) >= 11 is 0. The number of hydrogen-bond donors (Lipinski definition) is 1. The minimum atomic E-state index is -3.00. The molecule has 0 unspecified atom stereocenters. The van der Waals surface area contributed by atoms with Gasteiger partial charge >= 0.3 is 12.6 Å². The van der Waals surface area contributed by atoms with E-state index in [1.54, 1.807) is 27.7 Å². The molecule has 0 saturated carbocycles. The maximum Gasteiger partial charge on any atom is 0.387 e. The van der Waals surface area contributed by atoms with E-state index in [0.717, 1.165) is 12.1 Å². The number of phenolic OH excluding ortho intramolecular Hbond substituents is 1. The first-order valence-corrected chi connectivity index (χ1v) is 9.71. The van der Waals surface area contributed by atoms with Gasteiger partial charge < -0.3 is 14.6 Å². The average molecular weight is 449 g/mol. The van der Waals surface area contributed by atoms with Gasteiger partial charge in [0.05, 0.1) is 11.9 Å². The summed E-state index contributed by atoms with van der Waals surface area (Å²) in [7, 11) is 0. The second-order valence-corrected chi connectivity index (χ2v) is 8.19. The molecule has 0 aliphatic rings. The molecule has 32 heavy (non-hydrogen) atoms. The summed E-state index contributed by atoms with van der Waals surface area (Å²) in [5.74, 6) is -2.80. The number of nitrogens with zero attached hydrogens (tertiary/aromatic N) is 1. The van der Waals surface area contributed by atoms with Crippen molar-refractivity contribution in [3.05, 3.63) is 59.0 Å². The molecule has 0 aliphatic heterocycles. The zero-order valence-electron chi connectivity index (χ0n) is 17.9. The van der Waals surface area contributed by atoms with E-state index in [9.17, 15) is 27.9 Å². The van der Waals surface area contributed by atoms with Crippen molar-refractivity contribution in [2.24, 2.45) is 0 Å². The normalized spacial score (nSPS) is 11.8. The van der Waals surface area contributed by atoms with Crippen LogP contribution in [0.3, 0.4) is 0 Å². The Morgan fingerprint density at radius 2 is 1.75 bits per heavy atom. The van der Waals surface area contributed by atoms with Crippen LogP contribution in [0.5, 0.6) is 11.5 Å². The predicted octanol–water partition coefficient (Wildman–Crippen LogP) is 4.97. The quantitative estimate of drug-likeness (QED) is 0.557. The Labute approximate surface area is 182 Å². The zero-order chi connectivity index (χ0) is 23.8. The number of carbonyl (C=O) groups excluding carboxylic acids is 2. The second-order valence-electron chi connectivity index (χ2n) is 8.19. The lowest BCUT2D eigenvalue weighted by molar-refractivity contribution is -0.153. The van der Waals surface area contributed by atoms with Gasteiger partial charge in [0, 0.05) is 22.7 Å². The Kier molecular flexibility index (Phi) is 6.20. The number of benzene rings is 2. The Morgan fingerprint density at radius 1 is 1.12 bits per heavy atom. The minimum absolute atomic E-state index is 0.118. The minimum Gasteiger partial charge on any atom is -0.505 e. The van der Waals surface area contributed by atoms with Gasteiger partial charge in [-0.3, -0.25) is 14.2 Å². The first-order chi connectivity index (χ1) is 14.9. The lowest BCUT2D eigenvalue weighted by Crippen LogP contribution is -2.25. The highest BCUT2D eigenvalue weighted by Crippen LogP contribution is 2.32. The third-order valence-electron chi connectivity index (χ3n) is 4.67. The van der Waals surface area contributed by atoms with E-state index in [0.29, 0.717) is 16.6 Å². The molecule has 1 N–H and O–H groups in total. The summed E-state index contributed by atoms with van der Waals surface area (Å²) < 4.78 is 49.7. The van der Waals surface area contributed by atoms with Crippen LogP contribution in [0.25, 0.3) is 10.9 Å². The molecule has 6 nitrogen and oxygen atoms in total. The molecule has 9 heteroatoms. The van der Waals surface area contributed by atoms with Crippen LogP contribution in [0.1, 0.15) is 42.4 Å². The van der Waals surface area contributed by atoms with Gasteiger partial charge in [-0.05, 0) is 63.6 Å². The lowest BCUT2D eigenvalue weighted by Gasteiger charge is -2.19. The van der Waals surface area contributed by atoms with E-state index < -0.39 is 35.7 Å². The molecule has 3 rings (SSSR count). The molecule has 1 heterocycles. The van der Waals surface area contributed by atoms with Crippen molar-refractivity contribution < 1.29 is 37.3 Å². The molecule has 0 aliphatic carbocycles. The number of hydrogen-bond acceptors (Lipinski definition) is 5. The molecule has 0 amide bonds. The van der Waals surface area contributed by atoms with Gasteiger partial charge in [-0.25, -0.2) is 4.39 Å². The molecule has 0 saturated heterocycles. The standard InChI is InChI=1S/C23H22F3NO5/c1-12-15(10-20(29)32-23(2,3)4)16-9-19(28)17(24)11-18(16)27(12)21(30)13-5-7-14(8-6-13)31-22(25)26/h5-9,11,22,28H,10H2,1-4H3. The van der Waals surface area contributed by atoms with Crippen molar-refractivity contribution in [2.75, 3.05) is 0 Å². The Balaban J connectivity index is 2.08. The van der Waals surface area contributed by atoms with Crippen LogP contribution >= 0.6 is 0 Å². The largest absolute Gasteiger partial charge is 0.505 e. The second kappa shape index (κ2) is 8.57. The van der Waals surface area contributed by atoms with E-state index in [1.807, 2.05) is 0 Å². The fourth-order valence-electron chi connectivity index (χ4n) is 3.40. The van der Waals surface area contributed by atoms with Gasteiger partial charge in [-0.15, -0.1) is 0 Å². The number of esters is 1. The Bertz CT molecular complexity index is 1180. The highest BCUT2D eigenvalue weighted by atomic mass is 19.3. The van der Waals surface area contributed by atoms with Crippen LogP contribution in [0.2, 0.25) is 0 Å². The number of halogens is 3. The third-order valence-corrected chi connectivity index (χ3v) is 4.67. The molecule has 0 atom stereocenters.